The molecule has 128 valence electrons. The van der Waals surface area contributed by atoms with Crippen molar-refractivity contribution < 1.29 is 14.3 Å². The molecule has 7 heteroatoms. The van der Waals surface area contributed by atoms with Crippen LogP contribution in [0, 0.1) is 0 Å². The van der Waals surface area contributed by atoms with Gasteiger partial charge in [0, 0.05) is 30.2 Å². The molecule has 1 N–H and O–H groups in total. The molecule has 1 atom stereocenters. The quantitative estimate of drug-likeness (QED) is 0.778. The first-order valence-corrected chi connectivity index (χ1v) is 8.72. The molecule has 0 bridgehead atoms. The molecule has 1 aromatic carbocycles. The van der Waals surface area contributed by atoms with Gasteiger partial charge in [0.15, 0.2) is 16.7 Å². The lowest BCUT2D eigenvalue weighted by Crippen LogP contribution is -2.22. The second kappa shape index (κ2) is 7.17. The molecule has 3 rings (SSSR count). The Hall–Kier alpha value is -2.15. The van der Waals surface area contributed by atoms with Crippen LogP contribution in [0.5, 0.6) is 11.5 Å². The van der Waals surface area contributed by atoms with Gasteiger partial charge in [-0.25, -0.2) is 4.98 Å². The molecular weight excluding hydrogens is 326 g/mol. The van der Waals surface area contributed by atoms with Crippen LogP contribution >= 0.6 is 11.8 Å². The topological polar surface area (TPSA) is 65.4 Å². The zero-order chi connectivity index (χ0) is 17.1. The lowest BCUT2D eigenvalue weighted by atomic mass is 10.2. The zero-order valence-corrected chi connectivity index (χ0v) is 14.8. The van der Waals surface area contributed by atoms with E-state index in [1.165, 1.54) is 24.6 Å². The van der Waals surface area contributed by atoms with E-state index in [1.54, 1.807) is 38.6 Å². The summed E-state index contributed by atoms with van der Waals surface area (Å²) in [6.07, 6.45) is 6.16. The van der Waals surface area contributed by atoms with E-state index in [0.29, 0.717) is 23.2 Å². The molecule has 0 aliphatic heterocycles. The number of carbonyl (C=O) groups is 1. The molecule has 2 aromatic rings. The molecule has 1 unspecified atom stereocenters. The largest absolute Gasteiger partial charge is 0.493 e. The summed E-state index contributed by atoms with van der Waals surface area (Å²) in [6.45, 7) is 1.88. The second-order valence-electron chi connectivity index (χ2n) is 5.67. The van der Waals surface area contributed by atoms with Crippen molar-refractivity contribution in [1.29, 1.82) is 0 Å². The Balaban J connectivity index is 1.64. The van der Waals surface area contributed by atoms with Gasteiger partial charge in [0.1, 0.15) is 0 Å². The molecule has 0 radical (unpaired) electrons. The molecule has 1 heterocycles. The molecule has 24 heavy (non-hydrogen) atoms. The summed E-state index contributed by atoms with van der Waals surface area (Å²) < 4.78 is 12.6. The predicted octanol–water partition coefficient (Wildman–Crippen LogP) is 3.35. The van der Waals surface area contributed by atoms with Crippen LogP contribution in [0.1, 0.15) is 25.8 Å². The number of rotatable bonds is 7. The van der Waals surface area contributed by atoms with E-state index in [1.807, 2.05) is 13.1 Å². The minimum atomic E-state index is -0.252. The first kappa shape index (κ1) is 16.7. The van der Waals surface area contributed by atoms with E-state index in [-0.39, 0.29) is 11.2 Å². The highest BCUT2D eigenvalue weighted by atomic mass is 32.2. The van der Waals surface area contributed by atoms with Crippen molar-refractivity contribution in [3.05, 3.63) is 30.6 Å². The maximum absolute atomic E-state index is 12.4. The molecule has 0 spiro atoms. The summed E-state index contributed by atoms with van der Waals surface area (Å²) in [5.41, 5.74) is 0.677. The third-order valence-electron chi connectivity index (χ3n) is 3.88. The van der Waals surface area contributed by atoms with E-state index in [4.69, 9.17) is 9.47 Å². The minimum absolute atomic E-state index is 0.0717. The summed E-state index contributed by atoms with van der Waals surface area (Å²) in [6, 6.07) is 5.86. The molecule has 1 aromatic heterocycles. The number of anilines is 1. The van der Waals surface area contributed by atoms with Gasteiger partial charge in [0.2, 0.25) is 5.91 Å². The number of carbonyl (C=O) groups excluding carboxylic acids is 1. The highest BCUT2D eigenvalue weighted by Gasteiger charge is 2.27. The fourth-order valence-electron chi connectivity index (χ4n) is 2.39. The van der Waals surface area contributed by atoms with Crippen LogP contribution in [0.2, 0.25) is 0 Å². The molecule has 1 amide bonds. The van der Waals surface area contributed by atoms with Gasteiger partial charge in [-0.15, -0.1) is 0 Å². The SMILES string of the molecule is COc1ccc(NC(=O)C(C)Sc2nccn2C2CC2)cc1OC. The van der Waals surface area contributed by atoms with Crippen molar-refractivity contribution in [1.82, 2.24) is 9.55 Å². The fraction of sp³-hybridized carbons (Fsp3) is 0.412. The summed E-state index contributed by atoms with van der Waals surface area (Å²) in [4.78, 5) is 16.8. The van der Waals surface area contributed by atoms with Crippen LogP contribution in [0.4, 0.5) is 5.69 Å². The number of hydrogen-bond donors (Lipinski definition) is 1. The van der Waals surface area contributed by atoms with Crippen LogP contribution in [-0.4, -0.2) is 34.9 Å². The third-order valence-corrected chi connectivity index (χ3v) is 4.97. The van der Waals surface area contributed by atoms with Crippen LogP contribution in [0.3, 0.4) is 0 Å². The Morgan fingerprint density at radius 2 is 2.08 bits per heavy atom. The average Bonchev–Trinajstić information content (AvgIpc) is 3.34. The number of hydrogen-bond acceptors (Lipinski definition) is 5. The lowest BCUT2D eigenvalue weighted by Gasteiger charge is -2.14. The summed E-state index contributed by atoms with van der Waals surface area (Å²) >= 11 is 1.47. The van der Waals surface area contributed by atoms with Crippen molar-refractivity contribution in [3.63, 3.8) is 0 Å². The smallest absolute Gasteiger partial charge is 0.237 e. The summed E-state index contributed by atoms with van der Waals surface area (Å²) in [5, 5.41) is 3.56. The highest BCUT2D eigenvalue weighted by Crippen LogP contribution is 2.38. The lowest BCUT2D eigenvalue weighted by molar-refractivity contribution is -0.115. The normalized spacial score (nSPS) is 15.0. The average molecular weight is 347 g/mol. The Kier molecular flexibility index (Phi) is 4.99. The monoisotopic (exact) mass is 347 g/mol. The van der Waals surface area contributed by atoms with Crippen molar-refractivity contribution >= 4 is 23.4 Å². The Morgan fingerprint density at radius 1 is 1.33 bits per heavy atom. The minimum Gasteiger partial charge on any atom is -0.493 e. The van der Waals surface area contributed by atoms with Gasteiger partial charge in [-0.2, -0.15) is 0 Å². The number of amides is 1. The number of ether oxygens (including phenoxy) is 2. The number of nitrogens with zero attached hydrogens (tertiary/aromatic N) is 2. The van der Waals surface area contributed by atoms with E-state index in [0.717, 1.165) is 5.16 Å². The first-order chi connectivity index (χ1) is 11.6. The standard InChI is InChI=1S/C17H21N3O3S/c1-11(24-17-18-8-9-20(17)13-5-6-13)16(21)19-12-4-7-14(22-2)15(10-12)23-3/h4,7-11,13H,5-6H2,1-3H3,(H,19,21). The van der Waals surface area contributed by atoms with Gasteiger partial charge >= 0.3 is 0 Å². The van der Waals surface area contributed by atoms with Gasteiger partial charge in [-0.1, -0.05) is 11.8 Å². The van der Waals surface area contributed by atoms with E-state index in [2.05, 4.69) is 14.9 Å². The van der Waals surface area contributed by atoms with Crippen LogP contribution in [-0.2, 0) is 4.79 Å². The number of aromatic nitrogens is 2. The predicted molar refractivity (Wildman–Crippen MR) is 94.0 cm³/mol. The van der Waals surface area contributed by atoms with E-state index >= 15 is 0 Å². The highest BCUT2D eigenvalue weighted by molar-refractivity contribution is 8.00. The van der Waals surface area contributed by atoms with Crippen LogP contribution in [0.25, 0.3) is 0 Å². The van der Waals surface area contributed by atoms with E-state index < -0.39 is 0 Å². The number of imidazole rings is 1. The molecule has 1 aliphatic carbocycles. The molecule has 1 saturated carbocycles. The number of thioether (sulfide) groups is 1. The van der Waals surface area contributed by atoms with Gasteiger partial charge in [0.25, 0.3) is 0 Å². The third kappa shape index (κ3) is 3.67. The molecule has 1 aliphatic rings. The van der Waals surface area contributed by atoms with Crippen molar-refractivity contribution in [3.8, 4) is 11.5 Å². The first-order valence-electron chi connectivity index (χ1n) is 7.84. The summed E-state index contributed by atoms with van der Waals surface area (Å²) in [5.74, 6) is 1.14. The Bertz CT molecular complexity index is 728. The zero-order valence-electron chi connectivity index (χ0n) is 14.0. The maximum atomic E-state index is 12.4. The number of benzene rings is 1. The van der Waals surface area contributed by atoms with Gasteiger partial charge in [0.05, 0.1) is 19.5 Å². The molecule has 6 nitrogen and oxygen atoms in total. The number of methoxy groups -OCH3 is 2. The number of nitrogens with one attached hydrogen (secondary N) is 1. The molecule has 0 saturated heterocycles. The van der Waals surface area contributed by atoms with Crippen molar-refractivity contribution in [2.24, 2.45) is 0 Å². The van der Waals surface area contributed by atoms with Gasteiger partial charge < -0.3 is 19.4 Å². The molecular formula is C17H21N3O3S. The van der Waals surface area contributed by atoms with Crippen molar-refractivity contribution in [2.45, 2.75) is 36.2 Å². The van der Waals surface area contributed by atoms with Crippen molar-refractivity contribution in [2.75, 3.05) is 19.5 Å². The van der Waals surface area contributed by atoms with Gasteiger partial charge in [-0.05, 0) is 31.9 Å². The van der Waals surface area contributed by atoms with Crippen LogP contribution in [0.15, 0.2) is 35.7 Å². The second-order valence-corrected chi connectivity index (χ2v) is 6.98. The maximum Gasteiger partial charge on any atom is 0.237 e. The molecule has 1 fully saturated rings. The Labute approximate surface area is 145 Å². The van der Waals surface area contributed by atoms with E-state index in [9.17, 15) is 4.79 Å². The fourth-order valence-corrected chi connectivity index (χ4v) is 3.33. The van der Waals surface area contributed by atoms with Crippen LogP contribution < -0.4 is 14.8 Å². The summed E-state index contributed by atoms with van der Waals surface area (Å²) in [7, 11) is 3.15. The Morgan fingerprint density at radius 3 is 2.75 bits per heavy atom. The van der Waals surface area contributed by atoms with Gasteiger partial charge in [-0.3, -0.25) is 4.79 Å².